The lowest BCUT2D eigenvalue weighted by Crippen LogP contribution is -2.34. The third-order valence-electron chi connectivity index (χ3n) is 3.32. The first-order valence-electron chi connectivity index (χ1n) is 7.39. The minimum atomic E-state index is -1.12. The molecule has 1 unspecified atom stereocenters. The van der Waals surface area contributed by atoms with Crippen molar-refractivity contribution in [3.8, 4) is 0 Å². The average Bonchev–Trinajstić information content (AvgIpc) is 2.54. The number of hydrogen-bond donors (Lipinski definition) is 3. The molecule has 0 aromatic heterocycles. The molecule has 24 heavy (non-hydrogen) atoms. The SMILES string of the molecule is CC(=O)Nc1ccc(CC(=O)NC(C(=O)O)c2ccccc2)cc1. The molecular weight excluding hydrogens is 308 g/mol. The second-order valence-electron chi connectivity index (χ2n) is 5.30. The highest BCUT2D eigenvalue weighted by Crippen LogP contribution is 2.14. The highest BCUT2D eigenvalue weighted by atomic mass is 16.4. The van der Waals surface area contributed by atoms with E-state index in [2.05, 4.69) is 10.6 Å². The summed E-state index contributed by atoms with van der Waals surface area (Å²) in [7, 11) is 0. The van der Waals surface area contributed by atoms with Gasteiger partial charge in [0.1, 0.15) is 0 Å². The molecule has 124 valence electrons. The highest BCUT2D eigenvalue weighted by molar-refractivity contribution is 5.89. The number of amides is 2. The Hall–Kier alpha value is -3.15. The van der Waals surface area contributed by atoms with Crippen LogP contribution in [0.25, 0.3) is 0 Å². The number of anilines is 1. The predicted octanol–water partition coefficient (Wildman–Crippen LogP) is 2.13. The van der Waals surface area contributed by atoms with Crippen molar-refractivity contribution in [3.05, 3.63) is 65.7 Å². The zero-order valence-corrected chi connectivity index (χ0v) is 13.2. The molecule has 0 radical (unpaired) electrons. The van der Waals surface area contributed by atoms with E-state index in [0.717, 1.165) is 5.56 Å². The van der Waals surface area contributed by atoms with Crippen LogP contribution in [0.5, 0.6) is 0 Å². The molecule has 6 heteroatoms. The summed E-state index contributed by atoms with van der Waals surface area (Å²) >= 11 is 0. The number of benzene rings is 2. The fourth-order valence-corrected chi connectivity index (χ4v) is 2.24. The molecule has 0 saturated heterocycles. The van der Waals surface area contributed by atoms with Crippen molar-refractivity contribution in [1.82, 2.24) is 5.32 Å². The molecule has 0 spiro atoms. The Morgan fingerprint density at radius 1 is 1.00 bits per heavy atom. The third-order valence-corrected chi connectivity index (χ3v) is 3.32. The molecule has 0 bridgehead atoms. The summed E-state index contributed by atoms with van der Waals surface area (Å²) in [5.74, 6) is -1.68. The van der Waals surface area contributed by atoms with E-state index in [4.69, 9.17) is 0 Å². The summed E-state index contributed by atoms with van der Waals surface area (Å²) < 4.78 is 0. The van der Waals surface area contributed by atoms with Gasteiger partial charge in [-0.25, -0.2) is 4.79 Å². The summed E-state index contributed by atoms with van der Waals surface area (Å²) in [6.07, 6.45) is 0.0525. The van der Waals surface area contributed by atoms with Gasteiger partial charge in [0.15, 0.2) is 6.04 Å². The van der Waals surface area contributed by atoms with Crippen LogP contribution in [0.15, 0.2) is 54.6 Å². The van der Waals surface area contributed by atoms with Crippen LogP contribution in [-0.4, -0.2) is 22.9 Å². The topological polar surface area (TPSA) is 95.5 Å². The number of nitrogens with one attached hydrogen (secondary N) is 2. The van der Waals surface area contributed by atoms with Gasteiger partial charge in [-0.2, -0.15) is 0 Å². The van der Waals surface area contributed by atoms with Crippen molar-refractivity contribution in [2.75, 3.05) is 5.32 Å². The fourth-order valence-electron chi connectivity index (χ4n) is 2.24. The number of carboxylic acids is 1. The number of rotatable bonds is 6. The van der Waals surface area contributed by atoms with E-state index in [-0.39, 0.29) is 12.3 Å². The zero-order valence-electron chi connectivity index (χ0n) is 13.2. The minimum Gasteiger partial charge on any atom is -0.479 e. The lowest BCUT2D eigenvalue weighted by Gasteiger charge is -2.15. The molecule has 0 aliphatic heterocycles. The molecule has 2 rings (SSSR count). The van der Waals surface area contributed by atoms with Crippen LogP contribution in [0, 0.1) is 0 Å². The number of hydrogen-bond acceptors (Lipinski definition) is 3. The van der Waals surface area contributed by atoms with Gasteiger partial charge in [-0.3, -0.25) is 9.59 Å². The first-order chi connectivity index (χ1) is 11.5. The van der Waals surface area contributed by atoms with Crippen molar-refractivity contribution >= 4 is 23.5 Å². The number of carbonyl (C=O) groups excluding carboxylic acids is 2. The summed E-state index contributed by atoms with van der Waals surface area (Å²) in [6.45, 7) is 1.41. The standard InChI is InChI=1S/C18H18N2O4/c1-12(21)19-15-9-7-13(8-10-15)11-16(22)20-17(18(23)24)14-5-3-2-4-6-14/h2-10,17H,11H2,1H3,(H,19,21)(H,20,22)(H,23,24). The van der Waals surface area contributed by atoms with Gasteiger partial charge in [0.25, 0.3) is 0 Å². The Morgan fingerprint density at radius 2 is 1.62 bits per heavy atom. The monoisotopic (exact) mass is 326 g/mol. The second-order valence-corrected chi connectivity index (χ2v) is 5.30. The van der Waals surface area contributed by atoms with Crippen molar-refractivity contribution in [3.63, 3.8) is 0 Å². The average molecular weight is 326 g/mol. The molecular formula is C18H18N2O4. The van der Waals surface area contributed by atoms with Crippen LogP contribution in [0.3, 0.4) is 0 Å². The predicted molar refractivity (Wildman–Crippen MR) is 89.4 cm³/mol. The Bertz CT molecular complexity index is 726. The Labute approximate surface area is 139 Å². The summed E-state index contributed by atoms with van der Waals surface area (Å²) in [5.41, 5.74) is 1.87. The maximum Gasteiger partial charge on any atom is 0.330 e. The van der Waals surface area contributed by atoms with Gasteiger partial charge in [0.05, 0.1) is 6.42 Å². The van der Waals surface area contributed by atoms with Crippen LogP contribution in [-0.2, 0) is 20.8 Å². The minimum absolute atomic E-state index is 0.0525. The van der Waals surface area contributed by atoms with E-state index in [1.807, 2.05) is 0 Å². The van der Waals surface area contributed by atoms with E-state index in [0.29, 0.717) is 11.3 Å². The van der Waals surface area contributed by atoms with Crippen LogP contribution in [0.4, 0.5) is 5.69 Å². The van der Waals surface area contributed by atoms with Crippen LogP contribution in [0.1, 0.15) is 24.1 Å². The van der Waals surface area contributed by atoms with Gasteiger partial charge in [-0.15, -0.1) is 0 Å². The molecule has 2 amide bonds. The van der Waals surface area contributed by atoms with E-state index in [9.17, 15) is 19.5 Å². The number of aliphatic carboxylic acids is 1. The van der Waals surface area contributed by atoms with Crippen LogP contribution >= 0.6 is 0 Å². The summed E-state index contributed by atoms with van der Waals surface area (Å²) in [4.78, 5) is 34.5. The summed E-state index contributed by atoms with van der Waals surface area (Å²) in [5, 5.41) is 14.5. The molecule has 2 aromatic carbocycles. The molecule has 6 nitrogen and oxygen atoms in total. The van der Waals surface area contributed by atoms with E-state index in [1.165, 1.54) is 6.92 Å². The maximum atomic E-state index is 12.1. The first kappa shape index (κ1) is 17.2. The van der Waals surface area contributed by atoms with Crippen LogP contribution < -0.4 is 10.6 Å². The molecule has 0 saturated carbocycles. The Kier molecular flexibility index (Phi) is 5.68. The van der Waals surface area contributed by atoms with Gasteiger partial charge in [-0.05, 0) is 23.3 Å². The lowest BCUT2D eigenvalue weighted by atomic mass is 10.1. The van der Waals surface area contributed by atoms with Crippen molar-refractivity contribution < 1.29 is 19.5 Å². The van der Waals surface area contributed by atoms with Gasteiger partial charge in [0, 0.05) is 12.6 Å². The largest absolute Gasteiger partial charge is 0.479 e. The summed E-state index contributed by atoms with van der Waals surface area (Å²) in [6, 6.07) is 14.2. The molecule has 3 N–H and O–H groups in total. The molecule has 0 heterocycles. The normalized spacial score (nSPS) is 11.4. The van der Waals surface area contributed by atoms with Crippen LogP contribution in [0.2, 0.25) is 0 Å². The second kappa shape index (κ2) is 7.92. The molecule has 0 aliphatic carbocycles. The van der Waals surface area contributed by atoms with Gasteiger partial charge >= 0.3 is 5.97 Å². The van der Waals surface area contributed by atoms with Crippen molar-refractivity contribution in [2.24, 2.45) is 0 Å². The Balaban J connectivity index is 2.01. The number of carboxylic acid groups (broad SMARTS) is 1. The van der Waals surface area contributed by atoms with E-state index >= 15 is 0 Å². The smallest absolute Gasteiger partial charge is 0.330 e. The highest BCUT2D eigenvalue weighted by Gasteiger charge is 2.21. The Morgan fingerprint density at radius 3 is 2.17 bits per heavy atom. The van der Waals surface area contributed by atoms with Gasteiger partial charge < -0.3 is 15.7 Å². The maximum absolute atomic E-state index is 12.1. The lowest BCUT2D eigenvalue weighted by molar-refractivity contribution is -0.142. The third kappa shape index (κ3) is 4.95. The van der Waals surface area contributed by atoms with Crippen molar-refractivity contribution in [1.29, 1.82) is 0 Å². The van der Waals surface area contributed by atoms with E-state index in [1.54, 1.807) is 54.6 Å². The molecule has 0 fully saturated rings. The number of carbonyl (C=O) groups is 3. The van der Waals surface area contributed by atoms with Gasteiger partial charge in [0.2, 0.25) is 11.8 Å². The fraction of sp³-hybridized carbons (Fsp3) is 0.167. The molecule has 0 aliphatic rings. The molecule has 2 aromatic rings. The van der Waals surface area contributed by atoms with Crippen molar-refractivity contribution in [2.45, 2.75) is 19.4 Å². The molecule has 1 atom stereocenters. The quantitative estimate of drug-likeness (QED) is 0.758. The first-order valence-corrected chi connectivity index (χ1v) is 7.39. The van der Waals surface area contributed by atoms with Gasteiger partial charge in [-0.1, -0.05) is 42.5 Å². The van der Waals surface area contributed by atoms with E-state index < -0.39 is 17.9 Å². The zero-order chi connectivity index (χ0) is 17.5.